The summed E-state index contributed by atoms with van der Waals surface area (Å²) in [6.07, 6.45) is 2.74. The molecule has 2 heterocycles. The Morgan fingerprint density at radius 2 is 2.07 bits per heavy atom. The van der Waals surface area contributed by atoms with E-state index < -0.39 is 35.6 Å². The van der Waals surface area contributed by atoms with E-state index in [0.717, 1.165) is 39.7 Å². The molecule has 0 radical (unpaired) electrons. The minimum atomic E-state index is -0.941. The van der Waals surface area contributed by atoms with Gasteiger partial charge in [0.1, 0.15) is 22.8 Å². The number of carbonyl (C=O) groups is 2. The Bertz CT molecular complexity index is 1230. The van der Waals surface area contributed by atoms with Crippen molar-refractivity contribution in [2.24, 2.45) is 0 Å². The van der Waals surface area contributed by atoms with E-state index in [1.165, 1.54) is 18.4 Å². The van der Waals surface area contributed by atoms with Crippen LogP contribution in [0.1, 0.15) is 5.56 Å². The maximum atomic E-state index is 13.7. The summed E-state index contributed by atoms with van der Waals surface area (Å²) in [6.45, 7) is -0.466. The van der Waals surface area contributed by atoms with Gasteiger partial charge in [-0.1, -0.05) is 0 Å². The second-order valence-corrected chi connectivity index (χ2v) is 7.58. The second kappa shape index (κ2) is 8.93. The zero-order chi connectivity index (χ0) is 21.0. The Balaban J connectivity index is 1.97. The van der Waals surface area contributed by atoms with Crippen molar-refractivity contribution >= 4 is 52.4 Å². The van der Waals surface area contributed by atoms with Crippen LogP contribution in [0.15, 0.2) is 39.8 Å². The van der Waals surface area contributed by atoms with Crippen LogP contribution in [0.2, 0.25) is 0 Å². The number of hydrogen-bond acceptors (Lipinski definition) is 6. The highest BCUT2D eigenvalue weighted by molar-refractivity contribution is 7.08. The third-order valence-corrected chi connectivity index (χ3v) is 5.49. The van der Waals surface area contributed by atoms with Crippen LogP contribution in [0.4, 0.5) is 14.5 Å². The van der Waals surface area contributed by atoms with Crippen molar-refractivity contribution in [1.82, 2.24) is 4.57 Å². The molecule has 10 heteroatoms. The van der Waals surface area contributed by atoms with Gasteiger partial charge in [0, 0.05) is 6.07 Å². The molecule has 0 aliphatic carbocycles. The fourth-order valence-electron chi connectivity index (χ4n) is 2.39. The van der Waals surface area contributed by atoms with Crippen LogP contribution < -0.4 is 20.1 Å². The molecule has 0 unspecified atom stereocenters. The van der Waals surface area contributed by atoms with Crippen molar-refractivity contribution in [2.75, 3.05) is 12.4 Å². The van der Waals surface area contributed by atoms with Crippen molar-refractivity contribution < 1.29 is 23.1 Å². The van der Waals surface area contributed by atoms with Crippen LogP contribution in [0.3, 0.4) is 0 Å². The standard InChI is InChI=1S/C19H14F2N2O4S2/c1-27-18(25)8-17-23(19(26)15(29-17)6-11-4-5-28-10-11)9-16(24)22-14-3-2-12(20)7-13(14)21/h2-8,10H,9H2,1H3,(H,22,24)/b15-6+,17-8-. The van der Waals surface area contributed by atoms with Gasteiger partial charge < -0.3 is 10.1 Å². The highest BCUT2D eigenvalue weighted by atomic mass is 32.1. The lowest BCUT2D eigenvalue weighted by Crippen LogP contribution is -2.36. The molecule has 29 heavy (non-hydrogen) atoms. The van der Waals surface area contributed by atoms with Gasteiger partial charge in [-0.15, -0.1) is 11.3 Å². The average Bonchev–Trinajstić information content (AvgIpc) is 3.28. The van der Waals surface area contributed by atoms with Crippen LogP contribution in [0.5, 0.6) is 0 Å². The van der Waals surface area contributed by atoms with Gasteiger partial charge in [-0.2, -0.15) is 11.3 Å². The number of nitrogens with one attached hydrogen (secondary N) is 1. The minimum Gasteiger partial charge on any atom is -0.466 e. The van der Waals surface area contributed by atoms with Gasteiger partial charge in [0.05, 0.1) is 23.4 Å². The number of halogens is 2. The van der Waals surface area contributed by atoms with Gasteiger partial charge in [0.25, 0.3) is 5.56 Å². The summed E-state index contributed by atoms with van der Waals surface area (Å²) in [5.41, 5.74) is 0.109. The number of amides is 1. The lowest BCUT2D eigenvalue weighted by atomic mass is 10.3. The van der Waals surface area contributed by atoms with Crippen LogP contribution in [0.25, 0.3) is 12.2 Å². The van der Waals surface area contributed by atoms with E-state index in [4.69, 9.17) is 0 Å². The molecule has 0 aliphatic rings. The first-order valence-electron chi connectivity index (χ1n) is 8.15. The Hall–Kier alpha value is -3.11. The molecule has 0 bridgehead atoms. The lowest BCUT2D eigenvalue weighted by Gasteiger charge is -2.07. The van der Waals surface area contributed by atoms with Crippen LogP contribution in [-0.4, -0.2) is 23.6 Å². The van der Waals surface area contributed by atoms with Crippen molar-refractivity contribution in [2.45, 2.75) is 6.54 Å². The summed E-state index contributed by atoms with van der Waals surface area (Å²) in [5.74, 6) is -3.12. The normalized spacial score (nSPS) is 12.2. The molecular weight excluding hydrogens is 422 g/mol. The largest absolute Gasteiger partial charge is 0.466 e. The molecule has 1 aromatic carbocycles. The monoisotopic (exact) mass is 436 g/mol. The maximum Gasteiger partial charge on any atom is 0.333 e. The number of aromatic nitrogens is 1. The number of esters is 1. The minimum absolute atomic E-state index is 0.207. The number of rotatable bonds is 5. The van der Waals surface area contributed by atoms with E-state index in [1.807, 2.05) is 16.8 Å². The maximum absolute atomic E-state index is 13.7. The van der Waals surface area contributed by atoms with Gasteiger partial charge in [0.2, 0.25) is 5.91 Å². The van der Waals surface area contributed by atoms with Gasteiger partial charge in [-0.05, 0) is 40.6 Å². The zero-order valence-electron chi connectivity index (χ0n) is 15.0. The van der Waals surface area contributed by atoms with E-state index in [1.54, 1.807) is 6.08 Å². The summed E-state index contributed by atoms with van der Waals surface area (Å²) >= 11 is 2.48. The summed E-state index contributed by atoms with van der Waals surface area (Å²) < 4.78 is 33.0. The van der Waals surface area contributed by atoms with Crippen molar-refractivity contribution in [1.29, 1.82) is 0 Å². The number of thiophene rings is 1. The Morgan fingerprint density at radius 3 is 2.72 bits per heavy atom. The van der Waals surface area contributed by atoms with Gasteiger partial charge in [-0.25, -0.2) is 13.6 Å². The molecule has 0 saturated carbocycles. The van der Waals surface area contributed by atoms with E-state index >= 15 is 0 Å². The molecule has 0 atom stereocenters. The molecule has 0 saturated heterocycles. The topological polar surface area (TPSA) is 77.4 Å². The number of carbonyl (C=O) groups excluding carboxylic acids is 2. The number of ether oxygens (including phenoxy) is 1. The van der Waals surface area contributed by atoms with E-state index in [-0.39, 0.29) is 10.4 Å². The summed E-state index contributed by atoms with van der Waals surface area (Å²) in [6, 6.07) is 4.54. The highest BCUT2D eigenvalue weighted by Crippen LogP contribution is 2.14. The molecule has 1 N–H and O–H groups in total. The zero-order valence-corrected chi connectivity index (χ0v) is 16.6. The summed E-state index contributed by atoms with van der Waals surface area (Å²) in [7, 11) is 1.19. The van der Waals surface area contributed by atoms with Crippen molar-refractivity contribution in [3.8, 4) is 0 Å². The van der Waals surface area contributed by atoms with Crippen LogP contribution >= 0.6 is 22.7 Å². The van der Waals surface area contributed by atoms with Crippen LogP contribution in [0, 0.1) is 11.6 Å². The molecule has 6 nitrogen and oxygen atoms in total. The number of anilines is 1. The predicted octanol–water partition coefficient (Wildman–Crippen LogP) is 1.67. The summed E-state index contributed by atoms with van der Waals surface area (Å²) in [5, 5.41) is 5.98. The second-order valence-electron chi connectivity index (χ2n) is 5.74. The number of benzene rings is 1. The average molecular weight is 436 g/mol. The first kappa shape index (κ1) is 20.6. The molecular formula is C19H14F2N2O4S2. The molecule has 0 fully saturated rings. The first-order chi connectivity index (χ1) is 13.9. The molecule has 3 aromatic rings. The van der Waals surface area contributed by atoms with Crippen molar-refractivity contribution in [3.05, 3.63) is 71.8 Å². The van der Waals surface area contributed by atoms with Gasteiger partial charge in [-0.3, -0.25) is 14.2 Å². The number of hydrogen-bond donors (Lipinski definition) is 1. The number of thiazole rings is 1. The number of nitrogens with zero attached hydrogens (tertiary/aromatic N) is 1. The lowest BCUT2D eigenvalue weighted by molar-refractivity contribution is -0.133. The molecule has 150 valence electrons. The summed E-state index contributed by atoms with van der Waals surface area (Å²) in [4.78, 5) is 36.7. The van der Waals surface area contributed by atoms with Gasteiger partial charge in [0.15, 0.2) is 0 Å². The predicted molar refractivity (Wildman–Crippen MR) is 107 cm³/mol. The third kappa shape index (κ3) is 5.04. The Morgan fingerprint density at radius 1 is 1.28 bits per heavy atom. The van der Waals surface area contributed by atoms with E-state index in [0.29, 0.717) is 10.6 Å². The van der Waals surface area contributed by atoms with Gasteiger partial charge >= 0.3 is 5.97 Å². The number of methoxy groups -OCH3 is 1. The SMILES string of the molecule is COC(=O)/C=c1\s/c(=C/c2ccsc2)c(=O)n1CC(=O)Nc1ccc(F)cc1F. The van der Waals surface area contributed by atoms with Crippen molar-refractivity contribution in [3.63, 3.8) is 0 Å². The van der Waals surface area contributed by atoms with E-state index in [9.17, 15) is 23.2 Å². The molecule has 0 spiro atoms. The Labute approximate surface area is 171 Å². The smallest absolute Gasteiger partial charge is 0.333 e. The fourth-order valence-corrected chi connectivity index (χ4v) is 4.03. The first-order valence-corrected chi connectivity index (χ1v) is 9.91. The third-order valence-electron chi connectivity index (χ3n) is 3.73. The molecule has 0 aliphatic heterocycles. The molecule has 1 amide bonds. The quantitative estimate of drug-likeness (QED) is 0.618. The fraction of sp³-hybridized carbons (Fsp3) is 0.105. The Kier molecular flexibility index (Phi) is 6.35. The molecule has 3 rings (SSSR count). The highest BCUT2D eigenvalue weighted by Gasteiger charge is 2.13. The van der Waals surface area contributed by atoms with Crippen LogP contribution in [-0.2, 0) is 20.9 Å². The van der Waals surface area contributed by atoms with E-state index in [2.05, 4.69) is 10.1 Å². The molecule has 2 aromatic heterocycles.